The van der Waals surface area contributed by atoms with Gasteiger partial charge in [0.1, 0.15) is 12.4 Å². The molecule has 0 unspecified atom stereocenters. The van der Waals surface area contributed by atoms with Crippen molar-refractivity contribution in [3.05, 3.63) is 46.3 Å². The molecule has 1 saturated heterocycles. The average Bonchev–Trinajstić information content (AvgIpc) is 2.82. The van der Waals surface area contributed by atoms with Crippen molar-refractivity contribution < 1.29 is 23.7 Å². The summed E-state index contributed by atoms with van der Waals surface area (Å²) in [6.07, 6.45) is 4.56. The number of likely N-dealkylation sites (tertiary alicyclic amines) is 1. The molecular formula is C16H14FN3O5. The van der Waals surface area contributed by atoms with Gasteiger partial charge in [-0.05, 0) is 18.9 Å². The van der Waals surface area contributed by atoms with E-state index in [1.54, 1.807) is 0 Å². The van der Waals surface area contributed by atoms with Gasteiger partial charge in [-0.2, -0.15) is 0 Å². The fourth-order valence-electron chi connectivity index (χ4n) is 3.08. The molecule has 1 aliphatic carbocycles. The number of carbonyl (C=O) groups excluding carboxylic acids is 3. The van der Waals surface area contributed by atoms with Crippen LogP contribution in [0.3, 0.4) is 0 Å². The molecule has 8 nitrogen and oxygen atoms in total. The minimum atomic E-state index is -0.851. The first-order valence-electron chi connectivity index (χ1n) is 7.62. The molecule has 3 amide bonds. The largest absolute Gasteiger partial charge is 0.322 e. The normalized spacial score (nSPS) is 22.0. The van der Waals surface area contributed by atoms with E-state index >= 15 is 0 Å². The van der Waals surface area contributed by atoms with E-state index in [4.69, 9.17) is 0 Å². The van der Waals surface area contributed by atoms with Crippen LogP contribution in [0.5, 0.6) is 0 Å². The predicted octanol–water partition coefficient (Wildman–Crippen LogP) is 1.62. The summed E-state index contributed by atoms with van der Waals surface area (Å²) in [5.41, 5.74) is -0.764. The Balaban J connectivity index is 1.71. The van der Waals surface area contributed by atoms with Gasteiger partial charge in [-0.1, -0.05) is 12.2 Å². The number of hydrogen-bond acceptors (Lipinski definition) is 5. The molecule has 0 aromatic heterocycles. The van der Waals surface area contributed by atoms with Crippen LogP contribution >= 0.6 is 0 Å². The summed E-state index contributed by atoms with van der Waals surface area (Å²) in [4.78, 5) is 47.5. The van der Waals surface area contributed by atoms with Crippen molar-refractivity contribution in [3.8, 4) is 0 Å². The number of hydrogen-bond donors (Lipinski definition) is 1. The van der Waals surface area contributed by atoms with Crippen LogP contribution in [-0.4, -0.2) is 34.1 Å². The smallest absolute Gasteiger partial charge is 0.271 e. The lowest BCUT2D eigenvalue weighted by molar-refractivity contribution is -0.384. The van der Waals surface area contributed by atoms with Crippen LogP contribution in [0.15, 0.2) is 30.4 Å². The highest BCUT2D eigenvalue weighted by atomic mass is 19.1. The SMILES string of the molecule is O=C(CN1C(=O)[C@H]2CC=CC[C@@H]2C1=O)Nc1cc([N+](=O)[O-])ccc1F. The molecule has 130 valence electrons. The Bertz CT molecular complexity index is 781. The molecule has 1 fully saturated rings. The van der Waals surface area contributed by atoms with Crippen LogP contribution in [0, 0.1) is 27.8 Å². The van der Waals surface area contributed by atoms with Gasteiger partial charge in [0, 0.05) is 12.1 Å². The zero-order valence-corrected chi connectivity index (χ0v) is 13.0. The molecule has 25 heavy (non-hydrogen) atoms. The highest BCUT2D eigenvalue weighted by Crippen LogP contribution is 2.34. The summed E-state index contributed by atoms with van der Waals surface area (Å²) in [5.74, 6) is -3.41. The molecule has 0 spiro atoms. The minimum Gasteiger partial charge on any atom is -0.322 e. The van der Waals surface area contributed by atoms with E-state index in [1.807, 2.05) is 12.2 Å². The summed E-state index contributed by atoms with van der Waals surface area (Å²) in [6.45, 7) is -0.549. The van der Waals surface area contributed by atoms with Crippen molar-refractivity contribution >= 4 is 29.1 Å². The van der Waals surface area contributed by atoms with E-state index in [9.17, 15) is 28.9 Å². The number of non-ortho nitro benzene ring substituents is 1. The number of rotatable bonds is 4. The second-order valence-corrected chi connectivity index (χ2v) is 5.89. The van der Waals surface area contributed by atoms with Crippen LogP contribution < -0.4 is 5.32 Å². The van der Waals surface area contributed by atoms with E-state index in [1.165, 1.54) is 0 Å². The number of amides is 3. The first-order chi connectivity index (χ1) is 11.9. The van der Waals surface area contributed by atoms with E-state index in [-0.39, 0.29) is 11.4 Å². The Kier molecular flexibility index (Phi) is 4.30. The number of imide groups is 1. The highest BCUT2D eigenvalue weighted by Gasteiger charge is 2.47. The lowest BCUT2D eigenvalue weighted by Gasteiger charge is -2.14. The fourth-order valence-corrected chi connectivity index (χ4v) is 3.08. The highest BCUT2D eigenvalue weighted by molar-refractivity contribution is 6.08. The van der Waals surface area contributed by atoms with Crippen molar-refractivity contribution in [1.82, 2.24) is 4.90 Å². The zero-order valence-electron chi connectivity index (χ0n) is 13.0. The Morgan fingerprint density at radius 2 is 1.84 bits per heavy atom. The molecule has 2 aliphatic rings. The van der Waals surface area contributed by atoms with Gasteiger partial charge in [-0.15, -0.1) is 0 Å². The maximum absolute atomic E-state index is 13.7. The van der Waals surface area contributed by atoms with Gasteiger partial charge in [0.15, 0.2) is 0 Å². The van der Waals surface area contributed by atoms with Crippen molar-refractivity contribution in [2.24, 2.45) is 11.8 Å². The van der Waals surface area contributed by atoms with E-state index in [2.05, 4.69) is 5.32 Å². The molecule has 0 bridgehead atoms. The van der Waals surface area contributed by atoms with Gasteiger partial charge in [0.2, 0.25) is 17.7 Å². The minimum absolute atomic E-state index is 0.377. The summed E-state index contributed by atoms with van der Waals surface area (Å²) in [7, 11) is 0. The van der Waals surface area contributed by atoms with Crippen LogP contribution in [0.25, 0.3) is 0 Å². The Morgan fingerprint density at radius 1 is 1.24 bits per heavy atom. The molecule has 1 aromatic rings. The third kappa shape index (κ3) is 3.12. The number of halogens is 1. The van der Waals surface area contributed by atoms with Crippen molar-refractivity contribution in [2.45, 2.75) is 12.8 Å². The number of carbonyl (C=O) groups is 3. The Labute approximate surface area is 141 Å². The number of nitro groups is 1. The summed E-state index contributed by atoms with van der Waals surface area (Å²) < 4.78 is 13.7. The van der Waals surface area contributed by atoms with E-state index in [0.717, 1.165) is 23.1 Å². The number of fused-ring (bicyclic) bond motifs is 1. The number of anilines is 1. The van der Waals surface area contributed by atoms with Crippen LogP contribution in [0.1, 0.15) is 12.8 Å². The molecule has 0 radical (unpaired) electrons. The number of allylic oxidation sites excluding steroid dienone is 2. The molecule has 1 N–H and O–H groups in total. The van der Waals surface area contributed by atoms with E-state index < -0.39 is 46.8 Å². The number of benzene rings is 1. The third-order valence-corrected chi connectivity index (χ3v) is 4.34. The number of nitrogens with one attached hydrogen (secondary N) is 1. The van der Waals surface area contributed by atoms with Crippen LogP contribution in [-0.2, 0) is 14.4 Å². The van der Waals surface area contributed by atoms with E-state index in [0.29, 0.717) is 12.8 Å². The molecule has 1 aromatic carbocycles. The Morgan fingerprint density at radius 3 is 2.40 bits per heavy atom. The maximum Gasteiger partial charge on any atom is 0.271 e. The quantitative estimate of drug-likeness (QED) is 0.385. The maximum atomic E-state index is 13.7. The van der Waals surface area contributed by atoms with Gasteiger partial charge in [0.25, 0.3) is 5.69 Å². The molecule has 9 heteroatoms. The second kappa shape index (κ2) is 6.42. The van der Waals surface area contributed by atoms with Crippen LogP contribution in [0.4, 0.5) is 15.8 Å². The molecule has 1 heterocycles. The first-order valence-corrected chi connectivity index (χ1v) is 7.62. The topological polar surface area (TPSA) is 110 Å². The van der Waals surface area contributed by atoms with Gasteiger partial charge in [-0.3, -0.25) is 29.4 Å². The van der Waals surface area contributed by atoms with Crippen molar-refractivity contribution in [2.75, 3.05) is 11.9 Å². The van der Waals surface area contributed by atoms with Gasteiger partial charge < -0.3 is 5.32 Å². The summed E-state index contributed by atoms with van der Waals surface area (Å²) in [5, 5.41) is 12.9. The van der Waals surface area contributed by atoms with Crippen molar-refractivity contribution in [3.63, 3.8) is 0 Å². The molecule has 2 atom stereocenters. The molecule has 0 saturated carbocycles. The zero-order chi connectivity index (χ0) is 18.1. The summed E-state index contributed by atoms with van der Waals surface area (Å²) in [6, 6.07) is 2.71. The monoisotopic (exact) mass is 347 g/mol. The lowest BCUT2D eigenvalue weighted by atomic mass is 9.85. The first kappa shape index (κ1) is 16.7. The molecule has 3 rings (SSSR count). The summed E-state index contributed by atoms with van der Waals surface area (Å²) >= 11 is 0. The van der Waals surface area contributed by atoms with Gasteiger partial charge in [-0.25, -0.2) is 4.39 Å². The standard InChI is InChI=1S/C16H14FN3O5/c17-12-6-5-9(20(24)25)7-13(12)18-14(21)8-19-15(22)10-3-1-2-4-11(10)16(19)23/h1-2,5-7,10-11H,3-4,8H2,(H,18,21)/t10-,11-/m0/s1. The van der Waals surface area contributed by atoms with Crippen molar-refractivity contribution in [1.29, 1.82) is 0 Å². The average molecular weight is 347 g/mol. The Hall–Kier alpha value is -3.10. The fraction of sp³-hybridized carbons (Fsp3) is 0.312. The molecule has 1 aliphatic heterocycles. The second-order valence-electron chi connectivity index (χ2n) is 5.89. The lowest BCUT2D eigenvalue weighted by Crippen LogP contribution is -2.38. The molecular weight excluding hydrogens is 333 g/mol. The van der Waals surface area contributed by atoms with Gasteiger partial charge >= 0.3 is 0 Å². The van der Waals surface area contributed by atoms with Gasteiger partial charge in [0.05, 0.1) is 22.4 Å². The number of nitrogens with zero attached hydrogens (tertiary/aromatic N) is 2. The predicted molar refractivity (Wildman–Crippen MR) is 83.8 cm³/mol. The van der Waals surface area contributed by atoms with Crippen LogP contribution in [0.2, 0.25) is 0 Å². The third-order valence-electron chi connectivity index (χ3n) is 4.34. The number of nitro benzene ring substituents is 1.